The highest BCUT2D eigenvalue weighted by Gasteiger charge is 2.16. The summed E-state index contributed by atoms with van der Waals surface area (Å²) in [6.45, 7) is 5.05. The zero-order valence-electron chi connectivity index (χ0n) is 14.6. The number of methoxy groups -OCH3 is 1. The number of amides is 1. The van der Waals surface area contributed by atoms with Gasteiger partial charge >= 0.3 is 0 Å². The van der Waals surface area contributed by atoms with E-state index in [1.54, 1.807) is 25.3 Å². The minimum absolute atomic E-state index is 0.214. The van der Waals surface area contributed by atoms with Crippen molar-refractivity contribution in [3.8, 4) is 17.2 Å². The molecule has 0 aliphatic carbocycles. The molecule has 134 valence electrons. The molecule has 25 heavy (non-hydrogen) atoms. The molecule has 5 nitrogen and oxygen atoms in total. The van der Waals surface area contributed by atoms with Crippen molar-refractivity contribution >= 4 is 34.2 Å². The van der Waals surface area contributed by atoms with Crippen LogP contribution in [0.2, 0.25) is 0 Å². The summed E-state index contributed by atoms with van der Waals surface area (Å²) >= 11 is 2.16. The van der Waals surface area contributed by atoms with Gasteiger partial charge in [-0.1, -0.05) is 13.0 Å². The molecule has 2 aromatic carbocycles. The fourth-order valence-corrected chi connectivity index (χ4v) is 2.97. The van der Waals surface area contributed by atoms with Crippen LogP contribution in [0.4, 0.5) is 5.69 Å². The van der Waals surface area contributed by atoms with Crippen LogP contribution in [0.3, 0.4) is 0 Å². The van der Waals surface area contributed by atoms with Crippen molar-refractivity contribution in [1.82, 2.24) is 0 Å². The summed E-state index contributed by atoms with van der Waals surface area (Å²) in [5.41, 5.74) is 1.18. The van der Waals surface area contributed by atoms with Gasteiger partial charge in [-0.2, -0.15) is 0 Å². The van der Waals surface area contributed by atoms with Crippen molar-refractivity contribution in [3.63, 3.8) is 0 Å². The zero-order chi connectivity index (χ0) is 18.2. The molecule has 0 atom stereocenters. The van der Waals surface area contributed by atoms with Crippen LogP contribution in [0.25, 0.3) is 0 Å². The highest BCUT2D eigenvalue weighted by Crippen LogP contribution is 2.34. The van der Waals surface area contributed by atoms with Crippen LogP contribution >= 0.6 is 22.6 Å². The van der Waals surface area contributed by atoms with E-state index in [0.717, 1.165) is 9.99 Å². The van der Waals surface area contributed by atoms with Crippen LogP contribution in [-0.4, -0.2) is 26.2 Å². The summed E-state index contributed by atoms with van der Waals surface area (Å²) in [6, 6.07) is 10.7. The minimum atomic E-state index is -0.214. The Morgan fingerprint density at radius 2 is 1.96 bits per heavy atom. The van der Waals surface area contributed by atoms with Crippen LogP contribution < -0.4 is 19.5 Å². The monoisotopic (exact) mass is 455 g/mol. The summed E-state index contributed by atoms with van der Waals surface area (Å²) in [4.78, 5) is 12.6. The maximum Gasteiger partial charge on any atom is 0.255 e. The molecule has 0 fully saturated rings. The number of carbonyl (C=O) groups is 1. The molecule has 2 rings (SSSR count). The lowest BCUT2D eigenvalue weighted by Crippen LogP contribution is -2.13. The standard InChI is InChI=1S/C19H22INO4/c1-4-9-25-18-16(20)10-13(11-17(18)24-5-2)19(22)21-14-7-6-8-15(12-14)23-3/h6-8,10-12H,4-5,9H2,1-3H3,(H,21,22). The molecule has 2 aromatic rings. The maximum atomic E-state index is 12.6. The molecule has 0 saturated heterocycles. The lowest BCUT2D eigenvalue weighted by Gasteiger charge is -2.15. The topological polar surface area (TPSA) is 56.8 Å². The van der Waals surface area contributed by atoms with E-state index in [-0.39, 0.29) is 5.91 Å². The van der Waals surface area contributed by atoms with E-state index in [1.165, 1.54) is 0 Å². The molecule has 1 N–H and O–H groups in total. The zero-order valence-corrected chi connectivity index (χ0v) is 16.8. The number of ether oxygens (including phenoxy) is 3. The van der Waals surface area contributed by atoms with Gasteiger partial charge in [-0.05, 0) is 60.2 Å². The van der Waals surface area contributed by atoms with E-state index in [4.69, 9.17) is 14.2 Å². The average Bonchev–Trinajstić information content (AvgIpc) is 2.61. The third-order valence-corrected chi connectivity index (χ3v) is 4.15. The van der Waals surface area contributed by atoms with Gasteiger partial charge in [0, 0.05) is 17.3 Å². The van der Waals surface area contributed by atoms with E-state index < -0.39 is 0 Å². The first-order valence-corrected chi connectivity index (χ1v) is 9.21. The SMILES string of the molecule is CCCOc1c(I)cc(C(=O)Nc2cccc(OC)c2)cc1OCC. The molecule has 0 unspecified atom stereocenters. The number of carbonyl (C=O) groups excluding carboxylic acids is 1. The summed E-state index contributed by atoms with van der Waals surface area (Å²) in [5.74, 6) is 1.74. The predicted molar refractivity (Wildman–Crippen MR) is 107 cm³/mol. The van der Waals surface area contributed by atoms with Crippen molar-refractivity contribution < 1.29 is 19.0 Å². The fourth-order valence-electron chi connectivity index (χ4n) is 2.21. The third kappa shape index (κ3) is 5.26. The summed E-state index contributed by atoms with van der Waals surface area (Å²) < 4.78 is 17.5. The van der Waals surface area contributed by atoms with E-state index in [1.807, 2.05) is 32.0 Å². The molecule has 0 saturated carbocycles. The Labute approximate surface area is 161 Å². The van der Waals surface area contributed by atoms with Gasteiger partial charge < -0.3 is 19.5 Å². The molecule has 0 spiro atoms. The van der Waals surface area contributed by atoms with Crippen molar-refractivity contribution in [2.45, 2.75) is 20.3 Å². The lowest BCUT2D eigenvalue weighted by atomic mass is 10.1. The van der Waals surface area contributed by atoms with Gasteiger partial charge in [0.05, 0.1) is 23.9 Å². The Hall–Kier alpha value is -1.96. The quantitative estimate of drug-likeness (QED) is 0.585. The van der Waals surface area contributed by atoms with Gasteiger partial charge in [-0.25, -0.2) is 0 Å². The summed E-state index contributed by atoms with van der Waals surface area (Å²) in [5, 5.41) is 2.87. The highest BCUT2D eigenvalue weighted by molar-refractivity contribution is 14.1. The van der Waals surface area contributed by atoms with Crippen LogP contribution in [0.1, 0.15) is 30.6 Å². The normalized spacial score (nSPS) is 10.2. The Balaban J connectivity index is 2.26. The Morgan fingerprint density at radius 3 is 2.64 bits per heavy atom. The molecule has 1 amide bonds. The number of nitrogens with one attached hydrogen (secondary N) is 1. The number of hydrogen-bond donors (Lipinski definition) is 1. The molecular weight excluding hydrogens is 433 g/mol. The van der Waals surface area contributed by atoms with Crippen LogP contribution in [0.5, 0.6) is 17.2 Å². The molecule has 0 heterocycles. The number of halogens is 1. The lowest BCUT2D eigenvalue weighted by molar-refractivity contribution is 0.102. The van der Waals surface area contributed by atoms with E-state index in [2.05, 4.69) is 27.9 Å². The molecule has 0 bridgehead atoms. The van der Waals surface area contributed by atoms with E-state index in [0.29, 0.717) is 41.7 Å². The van der Waals surface area contributed by atoms with E-state index in [9.17, 15) is 4.79 Å². The third-order valence-electron chi connectivity index (χ3n) is 3.35. The highest BCUT2D eigenvalue weighted by atomic mass is 127. The second-order valence-corrected chi connectivity index (χ2v) is 6.42. The molecule has 6 heteroatoms. The van der Waals surface area contributed by atoms with Crippen molar-refractivity contribution in [2.75, 3.05) is 25.6 Å². The van der Waals surface area contributed by atoms with Gasteiger partial charge in [-0.15, -0.1) is 0 Å². The number of anilines is 1. The Bertz CT molecular complexity index is 733. The molecule has 0 aliphatic heterocycles. The van der Waals surface area contributed by atoms with Crippen molar-refractivity contribution in [2.24, 2.45) is 0 Å². The first kappa shape index (κ1) is 19.4. The fraction of sp³-hybridized carbons (Fsp3) is 0.316. The molecule has 0 radical (unpaired) electrons. The minimum Gasteiger partial charge on any atom is -0.497 e. The number of rotatable bonds is 8. The first-order valence-electron chi connectivity index (χ1n) is 8.13. The largest absolute Gasteiger partial charge is 0.497 e. The van der Waals surface area contributed by atoms with Crippen LogP contribution in [0.15, 0.2) is 36.4 Å². The second kappa shape index (κ2) is 9.50. The first-order chi connectivity index (χ1) is 12.1. The van der Waals surface area contributed by atoms with Gasteiger partial charge in [0.15, 0.2) is 11.5 Å². The van der Waals surface area contributed by atoms with Crippen molar-refractivity contribution in [3.05, 3.63) is 45.5 Å². The second-order valence-electron chi connectivity index (χ2n) is 5.25. The predicted octanol–water partition coefficient (Wildman–Crippen LogP) is 4.74. The smallest absolute Gasteiger partial charge is 0.255 e. The number of benzene rings is 2. The average molecular weight is 455 g/mol. The Morgan fingerprint density at radius 1 is 1.16 bits per heavy atom. The van der Waals surface area contributed by atoms with Gasteiger partial charge in [0.25, 0.3) is 5.91 Å². The van der Waals surface area contributed by atoms with Gasteiger partial charge in [0.1, 0.15) is 5.75 Å². The van der Waals surface area contributed by atoms with Gasteiger partial charge in [-0.3, -0.25) is 4.79 Å². The van der Waals surface area contributed by atoms with Crippen LogP contribution in [-0.2, 0) is 0 Å². The van der Waals surface area contributed by atoms with Gasteiger partial charge in [0.2, 0.25) is 0 Å². The number of hydrogen-bond acceptors (Lipinski definition) is 4. The molecular formula is C19H22INO4. The van der Waals surface area contributed by atoms with Crippen LogP contribution in [0, 0.1) is 3.57 Å². The Kier molecular flexibility index (Phi) is 7.36. The maximum absolute atomic E-state index is 12.6. The molecule has 0 aliphatic rings. The summed E-state index contributed by atoms with van der Waals surface area (Å²) in [6.07, 6.45) is 0.903. The van der Waals surface area contributed by atoms with Crippen molar-refractivity contribution in [1.29, 1.82) is 0 Å². The summed E-state index contributed by atoms with van der Waals surface area (Å²) in [7, 11) is 1.59. The van der Waals surface area contributed by atoms with E-state index >= 15 is 0 Å². The molecule has 0 aromatic heterocycles.